The third-order valence-electron chi connectivity index (χ3n) is 4.25. The molecule has 0 saturated carbocycles. The molecule has 0 amide bonds. The number of nitrogens with one attached hydrogen (secondary N) is 1. The maximum absolute atomic E-state index is 6.29. The second kappa shape index (κ2) is 8.63. The Hall–Kier alpha value is -0.940. The molecule has 0 aliphatic carbocycles. The number of thioether (sulfide) groups is 1. The van der Waals surface area contributed by atoms with Gasteiger partial charge in [-0.25, -0.2) is 0 Å². The Balaban J connectivity index is 1.82. The number of H-pyrrole nitrogens is 1. The van der Waals surface area contributed by atoms with Crippen LogP contribution in [0, 0.1) is 0 Å². The average Bonchev–Trinajstić information content (AvgIpc) is 2.94. The number of fused-ring (bicyclic) bond motifs is 1. The summed E-state index contributed by atoms with van der Waals surface area (Å²) >= 11 is 11.9. The highest BCUT2D eigenvalue weighted by atomic mass is 79.9. The average molecular weight is 438 g/mol. The van der Waals surface area contributed by atoms with E-state index < -0.39 is 0 Å². The van der Waals surface area contributed by atoms with Crippen LogP contribution in [0.5, 0.6) is 0 Å². The van der Waals surface area contributed by atoms with Gasteiger partial charge in [0.1, 0.15) is 0 Å². The molecule has 2 nitrogen and oxygen atoms in total. The molecule has 0 aliphatic rings. The van der Waals surface area contributed by atoms with Crippen molar-refractivity contribution in [2.75, 3.05) is 20.6 Å². The molecular weight excluding hydrogens is 416 g/mol. The Labute approximate surface area is 167 Å². The van der Waals surface area contributed by atoms with E-state index in [9.17, 15) is 0 Å². The quantitative estimate of drug-likeness (QED) is 0.480. The molecule has 3 aromatic rings. The molecule has 5 heteroatoms. The molecule has 0 atom stereocenters. The first-order valence-corrected chi connectivity index (χ1v) is 10.6. The van der Waals surface area contributed by atoms with Crippen LogP contribution in [-0.2, 0) is 17.9 Å². The number of likely N-dealkylation sites (N-methyl/N-ethyl adjacent to an activating group) is 1. The first-order valence-electron chi connectivity index (χ1n) is 8.30. The fraction of sp³-hybridized carbons (Fsp3) is 0.300. The van der Waals surface area contributed by atoms with Crippen LogP contribution in [-0.4, -0.2) is 30.5 Å². The van der Waals surface area contributed by atoms with Crippen molar-refractivity contribution in [2.24, 2.45) is 0 Å². The van der Waals surface area contributed by atoms with E-state index in [0.717, 1.165) is 34.0 Å². The third kappa shape index (κ3) is 4.62. The van der Waals surface area contributed by atoms with Crippen molar-refractivity contribution in [3.8, 4) is 0 Å². The first-order chi connectivity index (χ1) is 12.1. The molecule has 3 rings (SSSR count). The van der Waals surface area contributed by atoms with E-state index >= 15 is 0 Å². The minimum atomic E-state index is 0.851. The van der Waals surface area contributed by atoms with Gasteiger partial charge in [0.05, 0.1) is 5.52 Å². The van der Waals surface area contributed by atoms with E-state index in [0.29, 0.717) is 0 Å². The summed E-state index contributed by atoms with van der Waals surface area (Å²) < 4.78 is 1.12. The number of hydrogen-bond donors (Lipinski definition) is 1. The van der Waals surface area contributed by atoms with Gasteiger partial charge >= 0.3 is 0 Å². The van der Waals surface area contributed by atoms with E-state index in [1.54, 1.807) is 0 Å². The molecule has 0 aliphatic heterocycles. The third-order valence-corrected chi connectivity index (χ3v) is 6.29. The number of aromatic amines is 1. The normalized spacial score (nSPS) is 11.6. The Morgan fingerprint density at radius 3 is 2.64 bits per heavy atom. The molecule has 132 valence electrons. The maximum Gasteiger partial charge on any atom is 0.0603 e. The number of hydrogen-bond acceptors (Lipinski definition) is 2. The summed E-state index contributed by atoms with van der Waals surface area (Å²) in [7, 11) is 4.23. The van der Waals surface area contributed by atoms with Crippen molar-refractivity contribution in [1.29, 1.82) is 0 Å². The van der Waals surface area contributed by atoms with E-state index in [-0.39, 0.29) is 0 Å². The van der Waals surface area contributed by atoms with Gasteiger partial charge < -0.3 is 9.88 Å². The Morgan fingerprint density at radius 1 is 1.08 bits per heavy atom. The van der Waals surface area contributed by atoms with Crippen LogP contribution in [0.1, 0.15) is 16.8 Å². The fourth-order valence-electron chi connectivity index (χ4n) is 2.88. The SMILES string of the molecule is CN(C)CCc1[nH]c2c(Br)cccc2c1CSCc1ccccc1Cl. The van der Waals surface area contributed by atoms with Crippen LogP contribution in [0.2, 0.25) is 5.02 Å². The smallest absolute Gasteiger partial charge is 0.0603 e. The largest absolute Gasteiger partial charge is 0.357 e. The highest BCUT2D eigenvalue weighted by Gasteiger charge is 2.13. The Morgan fingerprint density at radius 2 is 1.88 bits per heavy atom. The minimum absolute atomic E-state index is 0.851. The summed E-state index contributed by atoms with van der Waals surface area (Å²) in [4.78, 5) is 5.86. The van der Waals surface area contributed by atoms with Gasteiger partial charge in [0.15, 0.2) is 0 Å². The Bertz CT molecular complexity index is 860. The van der Waals surface area contributed by atoms with Crippen LogP contribution in [0.25, 0.3) is 10.9 Å². The fourth-order valence-corrected chi connectivity index (χ4v) is 4.74. The summed E-state index contributed by atoms with van der Waals surface area (Å²) in [5.74, 6) is 1.90. The molecule has 2 aromatic carbocycles. The lowest BCUT2D eigenvalue weighted by atomic mass is 10.1. The predicted molar refractivity (Wildman–Crippen MR) is 115 cm³/mol. The van der Waals surface area contributed by atoms with Gasteiger partial charge in [-0.15, -0.1) is 0 Å². The van der Waals surface area contributed by atoms with Crippen molar-refractivity contribution in [3.05, 3.63) is 68.8 Å². The predicted octanol–water partition coefficient (Wildman–Crippen LogP) is 6.12. The van der Waals surface area contributed by atoms with Gasteiger partial charge in [-0.3, -0.25) is 0 Å². The van der Waals surface area contributed by atoms with Crippen LogP contribution >= 0.6 is 39.3 Å². The molecule has 0 bridgehead atoms. The molecule has 1 heterocycles. The molecule has 0 unspecified atom stereocenters. The van der Waals surface area contributed by atoms with Gasteiger partial charge in [0.2, 0.25) is 0 Å². The van der Waals surface area contributed by atoms with Crippen molar-refractivity contribution in [1.82, 2.24) is 9.88 Å². The summed E-state index contributed by atoms with van der Waals surface area (Å²) in [5.41, 5.74) is 5.15. The number of aromatic nitrogens is 1. The molecule has 1 N–H and O–H groups in total. The topological polar surface area (TPSA) is 19.0 Å². The summed E-state index contributed by atoms with van der Waals surface area (Å²) in [5, 5.41) is 2.17. The lowest BCUT2D eigenvalue weighted by Crippen LogP contribution is -2.15. The lowest BCUT2D eigenvalue weighted by molar-refractivity contribution is 0.412. The van der Waals surface area contributed by atoms with Crippen molar-refractivity contribution >= 4 is 50.2 Å². The standard InChI is InChI=1S/C20H22BrClN2S/c1-24(2)11-10-19-16(15-7-5-8-17(21)20(15)23-19)13-25-12-14-6-3-4-9-18(14)22/h3-9,23H,10-13H2,1-2H3. The highest BCUT2D eigenvalue weighted by molar-refractivity contribution is 9.10. The van der Waals surface area contributed by atoms with Gasteiger partial charge in [-0.1, -0.05) is 41.9 Å². The maximum atomic E-state index is 6.29. The zero-order valence-corrected chi connectivity index (χ0v) is 17.6. The van der Waals surface area contributed by atoms with Gasteiger partial charge in [0, 0.05) is 45.0 Å². The molecular formula is C20H22BrClN2S. The zero-order chi connectivity index (χ0) is 17.8. The first kappa shape index (κ1) is 18.8. The van der Waals surface area contributed by atoms with Crippen LogP contribution in [0.3, 0.4) is 0 Å². The van der Waals surface area contributed by atoms with Crippen LogP contribution in [0.15, 0.2) is 46.9 Å². The molecule has 0 radical (unpaired) electrons. The monoisotopic (exact) mass is 436 g/mol. The van der Waals surface area contributed by atoms with E-state index in [1.165, 1.54) is 27.7 Å². The van der Waals surface area contributed by atoms with Gasteiger partial charge in [-0.05, 0) is 53.3 Å². The van der Waals surface area contributed by atoms with Crippen molar-refractivity contribution < 1.29 is 0 Å². The van der Waals surface area contributed by atoms with Crippen molar-refractivity contribution in [3.63, 3.8) is 0 Å². The van der Waals surface area contributed by atoms with Crippen molar-refractivity contribution in [2.45, 2.75) is 17.9 Å². The van der Waals surface area contributed by atoms with E-state index in [4.69, 9.17) is 11.6 Å². The van der Waals surface area contributed by atoms with E-state index in [2.05, 4.69) is 64.2 Å². The summed E-state index contributed by atoms with van der Waals surface area (Å²) in [6.07, 6.45) is 1.02. The van der Waals surface area contributed by atoms with Crippen LogP contribution in [0.4, 0.5) is 0 Å². The molecule has 0 saturated heterocycles. The minimum Gasteiger partial charge on any atom is -0.357 e. The van der Waals surface area contributed by atoms with Crippen LogP contribution < -0.4 is 0 Å². The second-order valence-corrected chi connectivity index (χ2v) is 8.63. The summed E-state index contributed by atoms with van der Waals surface area (Å²) in [6, 6.07) is 14.5. The number of nitrogens with zero attached hydrogens (tertiary/aromatic N) is 1. The molecule has 25 heavy (non-hydrogen) atoms. The van der Waals surface area contributed by atoms with E-state index in [1.807, 2.05) is 30.0 Å². The number of rotatable bonds is 7. The zero-order valence-electron chi connectivity index (χ0n) is 14.5. The Kier molecular flexibility index (Phi) is 6.50. The highest BCUT2D eigenvalue weighted by Crippen LogP contribution is 2.32. The molecule has 0 spiro atoms. The van der Waals surface area contributed by atoms with Gasteiger partial charge in [0.25, 0.3) is 0 Å². The number of halogens is 2. The lowest BCUT2D eigenvalue weighted by Gasteiger charge is -2.10. The molecule has 1 aromatic heterocycles. The summed E-state index contributed by atoms with van der Waals surface area (Å²) in [6.45, 7) is 1.03. The number of benzene rings is 2. The second-order valence-electron chi connectivity index (χ2n) is 6.38. The number of para-hydroxylation sites is 1. The molecule has 0 fully saturated rings. The van der Waals surface area contributed by atoms with Gasteiger partial charge in [-0.2, -0.15) is 11.8 Å².